The van der Waals surface area contributed by atoms with Gasteiger partial charge in [0.1, 0.15) is 0 Å². The molecule has 0 aliphatic carbocycles. The van der Waals surface area contributed by atoms with E-state index in [0.29, 0.717) is 21.3 Å². The summed E-state index contributed by atoms with van der Waals surface area (Å²) >= 11 is 1.25. The highest BCUT2D eigenvalue weighted by Gasteiger charge is 2.14. The smallest absolute Gasteiger partial charge is 0.249 e. The summed E-state index contributed by atoms with van der Waals surface area (Å²) in [6, 6.07) is 6.94. The van der Waals surface area contributed by atoms with Crippen molar-refractivity contribution < 1.29 is 4.79 Å². The van der Waals surface area contributed by atoms with Crippen LogP contribution in [0.3, 0.4) is 0 Å². The molecule has 0 spiro atoms. The molecule has 0 fully saturated rings. The number of aromatic nitrogens is 2. The van der Waals surface area contributed by atoms with Crippen LogP contribution in [0, 0.1) is 13.8 Å². The van der Waals surface area contributed by atoms with Gasteiger partial charge in [-0.25, -0.2) is 9.97 Å². The molecule has 19 heavy (non-hydrogen) atoms. The van der Waals surface area contributed by atoms with Gasteiger partial charge in [-0.05, 0) is 43.8 Å². The molecule has 6 heteroatoms. The molecule has 2 rings (SSSR count). The lowest BCUT2D eigenvalue weighted by Crippen LogP contribution is -2.13. The van der Waals surface area contributed by atoms with Crippen LogP contribution >= 0.6 is 11.8 Å². The third kappa shape index (κ3) is 3.03. The zero-order valence-corrected chi connectivity index (χ0v) is 11.5. The van der Waals surface area contributed by atoms with E-state index in [-0.39, 0.29) is 0 Å². The molecule has 98 valence electrons. The van der Waals surface area contributed by atoms with Crippen LogP contribution in [0.2, 0.25) is 0 Å². The van der Waals surface area contributed by atoms with E-state index in [1.54, 1.807) is 18.2 Å². The number of aryl methyl sites for hydroxylation is 2. The summed E-state index contributed by atoms with van der Waals surface area (Å²) in [4.78, 5) is 20.6. The zero-order chi connectivity index (χ0) is 14.0. The molecule has 2 aromatic rings. The molecule has 4 N–H and O–H groups in total. The Kier molecular flexibility index (Phi) is 3.71. The third-order valence-electron chi connectivity index (χ3n) is 2.47. The first-order valence-electron chi connectivity index (χ1n) is 5.66. The van der Waals surface area contributed by atoms with Crippen LogP contribution in [0.25, 0.3) is 0 Å². The van der Waals surface area contributed by atoms with Crippen LogP contribution in [0.5, 0.6) is 0 Å². The number of carbonyl (C=O) groups excluding carboxylic acids is 1. The molecule has 5 nitrogen and oxygen atoms in total. The summed E-state index contributed by atoms with van der Waals surface area (Å²) in [5.41, 5.74) is 13.9. The highest BCUT2D eigenvalue weighted by atomic mass is 32.2. The van der Waals surface area contributed by atoms with Crippen molar-refractivity contribution in [2.24, 2.45) is 5.73 Å². The van der Waals surface area contributed by atoms with Gasteiger partial charge >= 0.3 is 0 Å². The molecule has 0 saturated heterocycles. The predicted octanol–water partition coefficient (Wildman–Crippen LogP) is 1.93. The first-order valence-corrected chi connectivity index (χ1v) is 6.47. The van der Waals surface area contributed by atoms with Gasteiger partial charge in [0.2, 0.25) is 5.91 Å². The average Bonchev–Trinajstić information content (AvgIpc) is 2.30. The van der Waals surface area contributed by atoms with Crippen molar-refractivity contribution in [1.82, 2.24) is 9.97 Å². The normalized spacial score (nSPS) is 10.4. The fourth-order valence-electron chi connectivity index (χ4n) is 1.69. The Morgan fingerprint density at radius 1 is 1.21 bits per heavy atom. The van der Waals surface area contributed by atoms with Crippen LogP contribution < -0.4 is 11.5 Å². The van der Waals surface area contributed by atoms with Gasteiger partial charge in [-0.15, -0.1) is 0 Å². The second-order valence-electron chi connectivity index (χ2n) is 4.12. The number of anilines is 1. The first-order chi connectivity index (χ1) is 8.97. The van der Waals surface area contributed by atoms with Gasteiger partial charge in [-0.3, -0.25) is 4.79 Å². The lowest BCUT2D eigenvalue weighted by molar-refractivity contribution is 0.0997. The minimum Gasteiger partial charge on any atom is -0.398 e. The fourth-order valence-corrected chi connectivity index (χ4v) is 2.72. The topological polar surface area (TPSA) is 94.9 Å². The molecule has 0 radical (unpaired) electrons. The Hall–Kier alpha value is -2.08. The summed E-state index contributed by atoms with van der Waals surface area (Å²) in [6.07, 6.45) is 0. The highest BCUT2D eigenvalue weighted by Crippen LogP contribution is 2.33. The lowest BCUT2D eigenvalue weighted by Gasteiger charge is -2.09. The monoisotopic (exact) mass is 274 g/mol. The molecule has 0 atom stereocenters. The predicted molar refractivity (Wildman–Crippen MR) is 75.0 cm³/mol. The summed E-state index contributed by atoms with van der Waals surface area (Å²) in [5, 5.41) is 0.554. The molecular formula is C13H14N4OS. The number of nitrogens with two attached hydrogens (primary N) is 2. The maximum absolute atomic E-state index is 11.4. The number of benzene rings is 1. The minimum absolute atomic E-state index is 0.382. The largest absolute Gasteiger partial charge is 0.398 e. The van der Waals surface area contributed by atoms with E-state index in [1.807, 2.05) is 19.9 Å². The van der Waals surface area contributed by atoms with E-state index in [9.17, 15) is 4.79 Å². The van der Waals surface area contributed by atoms with Gasteiger partial charge in [0.25, 0.3) is 0 Å². The van der Waals surface area contributed by atoms with Gasteiger partial charge in [0, 0.05) is 17.1 Å². The summed E-state index contributed by atoms with van der Waals surface area (Å²) in [6.45, 7) is 3.78. The molecule has 1 heterocycles. The molecule has 0 aliphatic heterocycles. The second-order valence-corrected chi connectivity index (χ2v) is 5.10. The maximum Gasteiger partial charge on any atom is 0.249 e. The number of nitrogens with zero attached hydrogens (tertiary/aromatic N) is 2. The number of primary amides is 1. The number of hydrogen-bond acceptors (Lipinski definition) is 5. The summed E-state index contributed by atoms with van der Waals surface area (Å²) in [7, 11) is 0. The summed E-state index contributed by atoms with van der Waals surface area (Å²) < 4.78 is 0. The first kappa shape index (κ1) is 13.4. The minimum atomic E-state index is -0.515. The number of nitrogen functional groups attached to an aromatic ring is 1. The van der Waals surface area contributed by atoms with Crippen LogP contribution in [-0.4, -0.2) is 15.9 Å². The Labute approximate surface area is 115 Å². The maximum atomic E-state index is 11.4. The zero-order valence-electron chi connectivity index (χ0n) is 10.7. The van der Waals surface area contributed by atoms with Crippen molar-refractivity contribution in [1.29, 1.82) is 0 Å². The Balaban J connectivity index is 2.45. The quantitative estimate of drug-likeness (QED) is 0.658. The lowest BCUT2D eigenvalue weighted by atomic mass is 10.2. The van der Waals surface area contributed by atoms with Crippen molar-refractivity contribution >= 4 is 23.4 Å². The van der Waals surface area contributed by atoms with E-state index >= 15 is 0 Å². The number of carbonyl (C=O) groups is 1. The molecule has 0 saturated carbocycles. The highest BCUT2D eigenvalue weighted by molar-refractivity contribution is 7.99. The van der Waals surface area contributed by atoms with Crippen molar-refractivity contribution in [2.75, 3.05) is 5.73 Å². The van der Waals surface area contributed by atoms with E-state index in [1.165, 1.54) is 11.8 Å². The molecule has 0 bridgehead atoms. The van der Waals surface area contributed by atoms with Gasteiger partial charge in [-0.1, -0.05) is 6.07 Å². The molecular weight excluding hydrogens is 260 g/mol. The number of amides is 1. The molecule has 1 aromatic heterocycles. The van der Waals surface area contributed by atoms with Crippen LogP contribution in [-0.2, 0) is 0 Å². The Morgan fingerprint density at radius 3 is 2.42 bits per heavy atom. The molecule has 1 aromatic carbocycles. The van der Waals surface area contributed by atoms with E-state index in [4.69, 9.17) is 11.5 Å². The van der Waals surface area contributed by atoms with Gasteiger partial charge < -0.3 is 11.5 Å². The number of hydrogen-bond donors (Lipinski definition) is 2. The fraction of sp³-hybridized carbons (Fsp3) is 0.154. The van der Waals surface area contributed by atoms with Gasteiger partial charge in [0.05, 0.1) is 10.5 Å². The Bertz CT molecular complexity index is 622. The molecule has 0 unspecified atom stereocenters. The van der Waals surface area contributed by atoms with E-state index < -0.39 is 5.91 Å². The van der Waals surface area contributed by atoms with Crippen LogP contribution in [0.1, 0.15) is 21.7 Å². The van der Waals surface area contributed by atoms with Crippen molar-refractivity contribution in [3.63, 3.8) is 0 Å². The van der Waals surface area contributed by atoms with Crippen molar-refractivity contribution in [3.8, 4) is 0 Å². The molecule has 0 aliphatic rings. The van der Waals surface area contributed by atoms with E-state index in [0.717, 1.165) is 11.4 Å². The van der Waals surface area contributed by atoms with Crippen molar-refractivity contribution in [3.05, 3.63) is 41.2 Å². The third-order valence-corrected chi connectivity index (χ3v) is 3.49. The molecule has 1 amide bonds. The van der Waals surface area contributed by atoms with Crippen LogP contribution in [0.15, 0.2) is 34.3 Å². The van der Waals surface area contributed by atoms with Crippen LogP contribution in [0.4, 0.5) is 5.69 Å². The standard InChI is InChI=1S/C13H14N4OS/c1-7-6-8(2)17-13(16-7)19-11-9(12(15)18)4-3-5-10(11)14/h3-6H,14H2,1-2H3,(H2,15,18). The average molecular weight is 274 g/mol. The van der Waals surface area contributed by atoms with Gasteiger partial charge in [0.15, 0.2) is 5.16 Å². The Morgan fingerprint density at radius 2 is 1.84 bits per heavy atom. The SMILES string of the molecule is Cc1cc(C)nc(Sc2c(N)cccc2C(N)=O)n1. The van der Waals surface area contributed by atoms with E-state index in [2.05, 4.69) is 9.97 Å². The van der Waals surface area contributed by atoms with Crippen molar-refractivity contribution in [2.45, 2.75) is 23.9 Å². The van der Waals surface area contributed by atoms with Gasteiger partial charge in [-0.2, -0.15) is 0 Å². The second kappa shape index (κ2) is 5.27. The summed E-state index contributed by atoms with van der Waals surface area (Å²) in [5.74, 6) is -0.515. The number of rotatable bonds is 3.